The average Bonchev–Trinajstić information content (AvgIpc) is 2.68. The zero-order chi connectivity index (χ0) is 21.4. The molecule has 2 N–H and O–H groups in total. The first kappa shape index (κ1) is 22.3. The molecule has 8 nitrogen and oxygen atoms in total. The maximum absolute atomic E-state index is 12.5. The number of carbonyl (C=O) groups is 3. The van der Waals surface area contributed by atoms with Gasteiger partial charge in [-0.05, 0) is 44.2 Å². The van der Waals surface area contributed by atoms with Gasteiger partial charge >= 0.3 is 5.97 Å². The molecule has 0 unspecified atom stereocenters. The van der Waals surface area contributed by atoms with Crippen molar-refractivity contribution in [3.8, 4) is 0 Å². The summed E-state index contributed by atoms with van der Waals surface area (Å²) in [6.07, 6.45) is 0. The molecule has 29 heavy (non-hydrogen) atoms. The molecule has 0 saturated heterocycles. The van der Waals surface area contributed by atoms with Gasteiger partial charge < -0.3 is 20.1 Å². The van der Waals surface area contributed by atoms with E-state index >= 15 is 0 Å². The number of rotatable bonds is 8. The smallest absolute Gasteiger partial charge is 0.339 e. The highest BCUT2D eigenvalue weighted by Crippen LogP contribution is 2.21. The maximum Gasteiger partial charge on any atom is 0.339 e. The molecule has 0 fully saturated rings. The Kier molecular flexibility index (Phi) is 8.11. The number of benzene rings is 1. The van der Waals surface area contributed by atoms with Crippen LogP contribution in [0.15, 0.2) is 30.3 Å². The molecular weight excluding hydrogens is 398 g/mol. The normalized spacial score (nSPS) is 10.3. The summed E-state index contributed by atoms with van der Waals surface area (Å²) in [6, 6.07) is 7.49. The second kappa shape index (κ2) is 10.5. The minimum absolute atomic E-state index is 0.132. The summed E-state index contributed by atoms with van der Waals surface area (Å²) in [7, 11) is 1.54. The maximum atomic E-state index is 12.5. The molecule has 0 atom stereocenters. The van der Waals surface area contributed by atoms with Crippen molar-refractivity contribution < 1.29 is 23.9 Å². The molecule has 2 rings (SSSR count). The van der Waals surface area contributed by atoms with Crippen molar-refractivity contribution in [2.45, 2.75) is 13.8 Å². The Morgan fingerprint density at radius 1 is 1.10 bits per heavy atom. The van der Waals surface area contributed by atoms with Crippen LogP contribution in [0.25, 0.3) is 0 Å². The number of aryl methyl sites for hydroxylation is 1. The minimum atomic E-state index is -0.490. The monoisotopic (exact) mass is 419 g/mol. The van der Waals surface area contributed by atoms with Gasteiger partial charge in [0.05, 0.1) is 35.1 Å². The Morgan fingerprint density at radius 3 is 2.45 bits per heavy atom. The fraction of sp³-hybridized carbons (Fsp3) is 0.300. The SMILES string of the molecule is CCOC(=O)c1ccc(C(=O)Nc2ccc(C(=O)NCCOC)c(Cl)c2)nc1C. The van der Waals surface area contributed by atoms with E-state index in [0.29, 0.717) is 30.1 Å². The van der Waals surface area contributed by atoms with Crippen molar-refractivity contribution >= 4 is 35.1 Å². The van der Waals surface area contributed by atoms with E-state index in [1.54, 1.807) is 19.9 Å². The molecule has 0 bridgehead atoms. The Bertz CT molecular complexity index is 917. The van der Waals surface area contributed by atoms with E-state index in [2.05, 4.69) is 15.6 Å². The second-order valence-corrected chi connectivity index (χ2v) is 6.35. The number of amides is 2. The number of hydrogen-bond donors (Lipinski definition) is 2. The first-order valence-electron chi connectivity index (χ1n) is 8.90. The van der Waals surface area contributed by atoms with Crippen LogP contribution in [-0.2, 0) is 9.47 Å². The lowest BCUT2D eigenvalue weighted by Crippen LogP contribution is -2.27. The number of carbonyl (C=O) groups excluding carboxylic acids is 3. The summed E-state index contributed by atoms with van der Waals surface area (Å²) in [6.45, 7) is 4.33. The molecule has 1 heterocycles. The van der Waals surface area contributed by atoms with Gasteiger partial charge in [0.25, 0.3) is 11.8 Å². The minimum Gasteiger partial charge on any atom is -0.462 e. The Morgan fingerprint density at radius 2 is 1.83 bits per heavy atom. The number of nitrogens with zero attached hydrogens (tertiary/aromatic N) is 1. The van der Waals surface area contributed by atoms with E-state index in [-0.39, 0.29) is 28.8 Å². The summed E-state index contributed by atoms with van der Waals surface area (Å²) in [5, 5.41) is 5.53. The first-order chi connectivity index (χ1) is 13.9. The predicted molar refractivity (Wildman–Crippen MR) is 109 cm³/mol. The number of esters is 1. The van der Waals surface area contributed by atoms with Crippen LogP contribution in [0.3, 0.4) is 0 Å². The number of nitrogens with one attached hydrogen (secondary N) is 2. The summed E-state index contributed by atoms with van der Waals surface area (Å²) < 4.78 is 9.82. The lowest BCUT2D eigenvalue weighted by Gasteiger charge is -2.10. The molecule has 0 aliphatic rings. The van der Waals surface area contributed by atoms with Crippen LogP contribution >= 0.6 is 11.6 Å². The zero-order valence-corrected chi connectivity index (χ0v) is 17.1. The van der Waals surface area contributed by atoms with Crippen molar-refractivity contribution in [2.75, 3.05) is 32.2 Å². The Hall–Kier alpha value is -2.97. The van der Waals surface area contributed by atoms with Crippen LogP contribution in [0.5, 0.6) is 0 Å². The van der Waals surface area contributed by atoms with E-state index in [0.717, 1.165) is 0 Å². The standard InChI is InChI=1S/C20H22ClN3O5/c1-4-29-20(27)14-7-8-17(23-12(14)2)19(26)24-13-5-6-15(16(21)11-13)18(25)22-9-10-28-3/h5-8,11H,4,9-10H2,1-3H3,(H,22,25)(H,24,26). The lowest BCUT2D eigenvalue weighted by atomic mass is 10.1. The highest BCUT2D eigenvalue weighted by atomic mass is 35.5. The summed E-state index contributed by atoms with van der Waals surface area (Å²) >= 11 is 6.17. The molecule has 1 aromatic carbocycles. The van der Waals surface area contributed by atoms with Crippen LogP contribution < -0.4 is 10.6 Å². The zero-order valence-electron chi connectivity index (χ0n) is 16.4. The van der Waals surface area contributed by atoms with Crippen LogP contribution in [0, 0.1) is 6.92 Å². The topological polar surface area (TPSA) is 107 Å². The third-order valence-corrected chi connectivity index (χ3v) is 4.19. The van der Waals surface area contributed by atoms with Gasteiger partial charge in [0.1, 0.15) is 5.69 Å². The van der Waals surface area contributed by atoms with Gasteiger partial charge in [0.2, 0.25) is 0 Å². The van der Waals surface area contributed by atoms with Crippen molar-refractivity contribution in [3.63, 3.8) is 0 Å². The summed E-state index contributed by atoms with van der Waals surface area (Å²) in [5.41, 5.74) is 1.51. The van der Waals surface area contributed by atoms with Gasteiger partial charge in [0.15, 0.2) is 0 Å². The number of hydrogen-bond acceptors (Lipinski definition) is 6. The molecule has 0 aliphatic heterocycles. The van der Waals surface area contributed by atoms with E-state index < -0.39 is 11.9 Å². The summed E-state index contributed by atoms with van der Waals surface area (Å²) in [5.74, 6) is -1.30. The molecule has 2 aromatic rings. The third kappa shape index (κ3) is 6.00. The van der Waals surface area contributed by atoms with Crippen molar-refractivity contribution in [2.24, 2.45) is 0 Å². The fourth-order valence-corrected chi connectivity index (χ4v) is 2.71. The molecule has 2 amide bonds. The number of ether oxygens (including phenoxy) is 2. The molecule has 0 spiro atoms. The van der Waals surface area contributed by atoms with Crippen molar-refractivity contribution in [1.82, 2.24) is 10.3 Å². The van der Waals surface area contributed by atoms with E-state index in [4.69, 9.17) is 21.1 Å². The van der Waals surface area contributed by atoms with Gasteiger partial charge in [-0.3, -0.25) is 9.59 Å². The first-order valence-corrected chi connectivity index (χ1v) is 9.28. The van der Waals surface area contributed by atoms with Crippen molar-refractivity contribution in [3.05, 3.63) is 57.9 Å². The number of anilines is 1. The Balaban J connectivity index is 2.09. The fourth-order valence-electron chi connectivity index (χ4n) is 2.45. The van der Waals surface area contributed by atoms with Gasteiger partial charge in [-0.2, -0.15) is 0 Å². The molecule has 0 saturated carbocycles. The molecule has 154 valence electrons. The molecule has 9 heteroatoms. The number of aromatic nitrogens is 1. The second-order valence-electron chi connectivity index (χ2n) is 5.95. The van der Waals surface area contributed by atoms with Crippen molar-refractivity contribution in [1.29, 1.82) is 0 Å². The Labute approximate surface area is 173 Å². The van der Waals surface area contributed by atoms with E-state index in [1.807, 2.05) is 0 Å². The third-order valence-electron chi connectivity index (χ3n) is 3.88. The summed E-state index contributed by atoms with van der Waals surface area (Å²) in [4.78, 5) is 40.5. The molecule has 0 radical (unpaired) electrons. The quantitative estimate of drug-likeness (QED) is 0.503. The largest absolute Gasteiger partial charge is 0.462 e. The molecular formula is C20H22ClN3O5. The van der Waals surface area contributed by atoms with E-state index in [9.17, 15) is 14.4 Å². The molecule has 1 aromatic heterocycles. The van der Waals surface area contributed by atoms with Gasteiger partial charge in [-0.25, -0.2) is 9.78 Å². The highest BCUT2D eigenvalue weighted by Gasteiger charge is 2.16. The van der Waals surface area contributed by atoms with Gasteiger partial charge in [0, 0.05) is 19.3 Å². The van der Waals surface area contributed by atoms with E-state index in [1.165, 1.54) is 31.4 Å². The number of pyridine rings is 1. The number of halogens is 1. The highest BCUT2D eigenvalue weighted by molar-refractivity contribution is 6.34. The van der Waals surface area contributed by atoms with Gasteiger partial charge in [-0.1, -0.05) is 11.6 Å². The average molecular weight is 420 g/mol. The van der Waals surface area contributed by atoms with Crippen LogP contribution in [0.1, 0.15) is 43.8 Å². The number of methoxy groups -OCH3 is 1. The van der Waals surface area contributed by atoms with Gasteiger partial charge in [-0.15, -0.1) is 0 Å². The lowest BCUT2D eigenvalue weighted by molar-refractivity contribution is 0.0524. The van der Waals surface area contributed by atoms with Crippen LogP contribution in [0.4, 0.5) is 5.69 Å². The predicted octanol–water partition coefficient (Wildman–Crippen LogP) is 2.85. The van der Waals surface area contributed by atoms with Crippen LogP contribution in [-0.4, -0.2) is 49.6 Å². The molecule has 0 aliphatic carbocycles. The van der Waals surface area contributed by atoms with Crippen LogP contribution in [0.2, 0.25) is 5.02 Å².